The van der Waals surface area contributed by atoms with E-state index in [9.17, 15) is 4.79 Å². The lowest BCUT2D eigenvalue weighted by molar-refractivity contribution is -0.133. The molecule has 0 aromatic heterocycles. The maximum absolute atomic E-state index is 11.1. The Balaban J connectivity index is 2.84. The standard InChI is InChI=1S/C16H15NO2/c1-13(10-11-14-7-3-2-4-8-14)15(16(18)19)9-5-6-12-17/h2-11,13H,1H3,(H,18,19). The Morgan fingerprint density at radius 3 is 2.63 bits per heavy atom. The molecule has 1 rings (SSSR count). The molecule has 0 aliphatic rings. The van der Waals surface area contributed by atoms with Gasteiger partial charge in [-0.2, -0.15) is 5.26 Å². The second-order valence-electron chi connectivity index (χ2n) is 3.97. The SMILES string of the molecule is CC(C=Cc1ccccc1)C(=CC=CC#N)C(=O)O. The van der Waals surface area contributed by atoms with Crippen LogP contribution in [-0.4, -0.2) is 11.1 Å². The molecule has 3 heteroatoms. The molecule has 1 aromatic carbocycles. The van der Waals surface area contributed by atoms with Crippen LogP contribution < -0.4 is 0 Å². The van der Waals surface area contributed by atoms with Crippen molar-refractivity contribution < 1.29 is 9.90 Å². The highest BCUT2D eigenvalue weighted by Gasteiger charge is 2.12. The van der Waals surface area contributed by atoms with E-state index in [0.29, 0.717) is 0 Å². The molecule has 0 saturated carbocycles. The molecule has 0 saturated heterocycles. The number of carboxylic acids is 1. The number of allylic oxidation sites excluding steroid dienone is 4. The maximum atomic E-state index is 11.1. The van der Waals surface area contributed by atoms with E-state index < -0.39 is 5.97 Å². The van der Waals surface area contributed by atoms with Gasteiger partial charge in [-0.25, -0.2) is 4.79 Å². The van der Waals surface area contributed by atoms with Gasteiger partial charge in [0.05, 0.1) is 6.07 Å². The fourth-order valence-corrected chi connectivity index (χ4v) is 1.54. The van der Waals surface area contributed by atoms with Crippen molar-refractivity contribution in [3.63, 3.8) is 0 Å². The topological polar surface area (TPSA) is 61.1 Å². The summed E-state index contributed by atoms with van der Waals surface area (Å²) in [6.07, 6.45) is 7.85. The van der Waals surface area contributed by atoms with Gasteiger partial charge in [0.2, 0.25) is 0 Å². The lowest BCUT2D eigenvalue weighted by atomic mass is 9.99. The van der Waals surface area contributed by atoms with E-state index in [1.54, 1.807) is 6.92 Å². The summed E-state index contributed by atoms with van der Waals surface area (Å²) in [6.45, 7) is 1.81. The van der Waals surface area contributed by atoms with E-state index >= 15 is 0 Å². The van der Waals surface area contributed by atoms with Crippen LogP contribution in [0.5, 0.6) is 0 Å². The summed E-state index contributed by atoms with van der Waals surface area (Å²) < 4.78 is 0. The van der Waals surface area contributed by atoms with Crippen LogP contribution in [0.3, 0.4) is 0 Å². The molecule has 0 amide bonds. The second kappa shape index (κ2) is 7.67. The van der Waals surface area contributed by atoms with E-state index in [0.717, 1.165) is 5.56 Å². The lowest BCUT2D eigenvalue weighted by Crippen LogP contribution is -2.07. The van der Waals surface area contributed by atoms with Gasteiger partial charge in [0, 0.05) is 17.6 Å². The number of hydrogen-bond donors (Lipinski definition) is 1. The first-order chi connectivity index (χ1) is 9.15. The molecule has 0 fully saturated rings. The van der Waals surface area contributed by atoms with Gasteiger partial charge in [0.1, 0.15) is 0 Å². The van der Waals surface area contributed by atoms with Crippen LogP contribution in [0.4, 0.5) is 0 Å². The fraction of sp³-hybridized carbons (Fsp3) is 0.125. The molecule has 3 nitrogen and oxygen atoms in total. The van der Waals surface area contributed by atoms with Crippen LogP contribution in [0.1, 0.15) is 12.5 Å². The summed E-state index contributed by atoms with van der Waals surface area (Å²) in [5.74, 6) is -1.21. The van der Waals surface area contributed by atoms with E-state index in [-0.39, 0.29) is 11.5 Å². The Bertz CT molecular complexity index is 548. The van der Waals surface area contributed by atoms with Gasteiger partial charge in [-0.3, -0.25) is 0 Å². The number of carboxylic acid groups (broad SMARTS) is 1. The zero-order chi connectivity index (χ0) is 14.1. The first-order valence-electron chi connectivity index (χ1n) is 5.88. The van der Waals surface area contributed by atoms with E-state index in [1.165, 1.54) is 18.2 Å². The van der Waals surface area contributed by atoms with Crippen molar-refractivity contribution in [2.24, 2.45) is 5.92 Å². The molecule has 0 spiro atoms. The van der Waals surface area contributed by atoms with Crippen molar-refractivity contribution in [1.82, 2.24) is 0 Å². The molecular formula is C16H15NO2. The van der Waals surface area contributed by atoms with Crippen LogP contribution in [0.25, 0.3) is 6.08 Å². The van der Waals surface area contributed by atoms with Gasteiger partial charge in [0.25, 0.3) is 0 Å². The maximum Gasteiger partial charge on any atom is 0.332 e. The summed E-state index contributed by atoms with van der Waals surface area (Å²) in [6, 6.07) is 11.5. The summed E-state index contributed by atoms with van der Waals surface area (Å²) in [4.78, 5) is 11.1. The van der Waals surface area contributed by atoms with Gasteiger partial charge in [-0.05, 0) is 5.56 Å². The summed E-state index contributed by atoms with van der Waals surface area (Å²) in [5, 5.41) is 17.5. The van der Waals surface area contributed by atoms with Crippen LogP contribution in [0.2, 0.25) is 0 Å². The van der Waals surface area contributed by atoms with Crippen molar-refractivity contribution >= 4 is 12.0 Å². The number of carbonyl (C=O) groups is 1. The molecule has 1 unspecified atom stereocenters. The average Bonchev–Trinajstić information content (AvgIpc) is 2.42. The molecule has 0 aliphatic heterocycles. The molecule has 0 bridgehead atoms. The summed E-state index contributed by atoms with van der Waals surface area (Å²) in [5.41, 5.74) is 1.27. The largest absolute Gasteiger partial charge is 0.478 e. The highest BCUT2D eigenvalue weighted by atomic mass is 16.4. The van der Waals surface area contributed by atoms with Gasteiger partial charge >= 0.3 is 5.97 Å². The Labute approximate surface area is 112 Å². The number of nitriles is 1. The molecule has 0 heterocycles. The predicted molar refractivity (Wildman–Crippen MR) is 75.1 cm³/mol. The normalized spacial score (nSPS) is 13.6. The first kappa shape index (κ1) is 14.5. The third kappa shape index (κ3) is 5.05. The quantitative estimate of drug-likeness (QED) is 0.497. The molecule has 1 aromatic rings. The average molecular weight is 253 g/mol. The van der Waals surface area contributed by atoms with Gasteiger partial charge in [-0.15, -0.1) is 0 Å². The molecule has 96 valence electrons. The van der Waals surface area contributed by atoms with Crippen molar-refractivity contribution in [1.29, 1.82) is 5.26 Å². The molecule has 1 atom stereocenters. The van der Waals surface area contributed by atoms with Crippen LogP contribution in [0, 0.1) is 17.2 Å². The smallest absolute Gasteiger partial charge is 0.332 e. The predicted octanol–water partition coefficient (Wildman–Crippen LogP) is 3.43. The third-order valence-electron chi connectivity index (χ3n) is 2.56. The minimum Gasteiger partial charge on any atom is -0.478 e. The van der Waals surface area contributed by atoms with Crippen LogP contribution in [0.15, 0.2) is 60.2 Å². The zero-order valence-electron chi connectivity index (χ0n) is 10.7. The van der Waals surface area contributed by atoms with E-state index in [1.807, 2.05) is 48.6 Å². The zero-order valence-corrected chi connectivity index (χ0v) is 10.7. The third-order valence-corrected chi connectivity index (χ3v) is 2.56. The van der Waals surface area contributed by atoms with Crippen LogP contribution >= 0.6 is 0 Å². The molecule has 0 aliphatic carbocycles. The molecule has 19 heavy (non-hydrogen) atoms. The Hall–Kier alpha value is -2.60. The number of rotatable bonds is 5. The van der Waals surface area contributed by atoms with Crippen molar-refractivity contribution in [2.45, 2.75) is 6.92 Å². The Morgan fingerprint density at radius 1 is 1.37 bits per heavy atom. The minimum atomic E-state index is -0.979. The monoisotopic (exact) mass is 253 g/mol. The highest BCUT2D eigenvalue weighted by molar-refractivity contribution is 5.88. The first-order valence-corrected chi connectivity index (χ1v) is 5.88. The van der Waals surface area contributed by atoms with E-state index in [4.69, 9.17) is 10.4 Å². The number of aliphatic carboxylic acids is 1. The highest BCUT2D eigenvalue weighted by Crippen LogP contribution is 2.15. The van der Waals surface area contributed by atoms with Crippen molar-refractivity contribution in [3.05, 3.63) is 65.8 Å². The summed E-state index contributed by atoms with van der Waals surface area (Å²) in [7, 11) is 0. The number of hydrogen-bond acceptors (Lipinski definition) is 2. The molecule has 0 radical (unpaired) electrons. The minimum absolute atomic E-state index is 0.235. The van der Waals surface area contributed by atoms with Gasteiger partial charge in [-0.1, -0.05) is 61.6 Å². The number of nitrogens with zero attached hydrogens (tertiary/aromatic N) is 1. The molecule has 1 N–H and O–H groups in total. The Morgan fingerprint density at radius 2 is 2.05 bits per heavy atom. The fourth-order valence-electron chi connectivity index (χ4n) is 1.54. The van der Waals surface area contributed by atoms with Crippen molar-refractivity contribution in [3.8, 4) is 6.07 Å². The Kier molecular flexibility index (Phi) is 5.84. The summed E-state index contributed by atoms with van der Waals surface area (Å²) >= 11 is 0. The number of benzene rings is 1. The van der Waals surface area contributed by atoms with E-state index in [2.05, 4.69) is 0 Å². The second-order valence-corrected chi connectivity index (χ2v) is 3.97. The lowest BCUT2D eigenvalue weighted by Gasteiger charge is -2.06. The van der Waals surface area contributed by atoms with Gasteiger partial charge < -0.3 is 5.11 Å². The van der Waals surface area contributed by atoms with Crippen molar-refractivity contribution in [2.75, 3.05) is 0 Å². The molecular weight excluding hydrogens is 238 g/mol. The van der Waals surface area contributed by atoms with Crippen LogP contribution in [-0.2, 0) is 4.79 Å². The van der Waals surface area contributed by atoms with Gasteiger partial charge in [0.15, 0.2) is 0 Å².